The zero-order valence-electron chi connectivity index (χ0n) is 18.8. The van der Waals surface area contributed by atoms with Crippen molar-refractivity contribution in [1.29, 1.82) is 5.26 Å². The summed E-state index contributed by atoms with van der Waals surface area (Å²) in [5, 5.41) is 26.9. The molecule has 11 nitrogen and oxygen atoms in total. The van der Waals surface area contributed by atoms with Crippen molar-refractivity contribution >= 4 is 29.0 Å². The van der Waals surface area contributed by atoms with Crippen molar-refractivity contribution in [2.24, 2.45) is 0 Å². The van der Waals surface area contributed by atoms with Crippen molar-refractivity contribution in [2.45, 2.75) is 26.8 Å². The van der Waals surface area contributed by atoms with Crippen LogP contribution in [0.3, 0.4) is 0 Å². The van der Waals surface area contributed by atoms with Crippen LogP contribution in [0, 0.1) is 18.3 Å². The zero-order chi connectivity index (χ0) is 26.0. The lowest BCUT2D eigenvalue weighted by atomic mass is 10.0. The van der Waals surface area contributed by atoms with E-state index in [9.17, 15) is 23.6 Å². The van der Waals surface area contributed by atoms with E-state index in [1.54, 1.807) is 19.1 Å². The highest BCUT2D eigenvalue weighted by Gasteiger charge is 2.23. The molecule has 1 amide bonds. The number of halogens is 3. The summed E-state index contributed by atoms with van der Waals surface area (Å²) in [4.78, 5) is 30.7. The van der Waals surface area contributed by atoms with E-state index in [1.165, 1.54) is 36.0 Å². The summed E-state index contributed by atoms with van der Waals surface area (Å²) in [6.45, 7) is 2.80. The summed E-state index contributed by atoms with van der Waals surface area (Å²) >= 11 is 6.28. The van der Waals surface area contributed by atoms with Gasteiger partial charge in [-0.15, -0.1) is 10.2 Å². The quantitative estimate of drug-likeness (QED) is 0.371. The largest absolute Gasteiger partial charge is 0.320 e. The normalized spacial score (nSPS) is 10.9. The molecule has 4 aromatic rings. The summed E-state index contributed by atoms with van der Waals surface area (Å²) in [6, 6.07) is 9.45. The highest BCUT2D eigenvalue weighted by atomic mass is 35.5. The Labute approximate surface area is 207 Å². The van der Waals surface area contributed by atoms with Gasteiger partial charge in [0, 0.05) is 11.8 Å². The summed E-state index contributed by atoms with van der Waals surface area (Å²) in [6.07, 6.45) is -1.44. The number of nitriles is 1. The molecule has 14 heteroatoms. The van der Waals surface area contributed by atoms with E-state index in [0.717, 1.165) is 4.80 Å². The first-order chi connectivity index (χ1) is 17.2. The molecule has 1 N–H and O–H groups in total. The van der Waals surface area contributed by atoms with Crippen LogP contribution in [-0.4, -0.2) is 46.7 Å². The van der Waals surface area contributed by atoms with E-state index in [1.807, 2.05) is 6.07 Å². The first-order valence-corrected chi connectivity index (χ1v) is 10.7. The number of Topliss-reactive ketones (excluding diaryl/α,β-unsaturated/α-hetero) is 1. The zero-order valence-corrected chi connectivity index (χ0v) is 19.5. The first-order valence-electron chi connectivity index (χ1n) is 10.3. The lowest BCUT2D eigenvalue weighted by molar-refractivity contribution is 0.101. The Morgan fingerprint density at radius 3 is 2.67 bits per heavy atom. The number of nitrogens with one attached hydrogen (secondary N) is 1. The molecule has 0 aliphatic rings. The molecule has 4 rings (SSSR count). The smallest absolute Gasteiger partial charge is 0.301 e. The van der Waals surface area contributed by atoms with Gasteiger partial charge in [-0.2, -0.15) is 15.2 Å². The average molecular weight is 512 g/mol. The Morgan fingerprint density at radius 1 is 1.25 bits per heavy atom. The maximum Gasteiger partial charge on any atom is 0.301 e. The molecule has 0 saturated heterocycles. The van der Waals surface area contributed by atoms with Gasteiger partial charge in [-0.1, -0.05) is 11.6 Å². The number of pyridine rings is 1. The number of tetrazole rings is 1. The van der Waals surface area contributed by atoms with Crippen LogP contribution in [0.15, 0.2) is 36.5 Å². The standard InChI is InChI=1S/C22H16ClF2N9O2/c1-11-6-13(9-26)7-15(12(2)35)18(11)28-22(36)17-8-14(10-33-31-20(19(24)25)29-32-33)30-34(17)21-16(23)4-3-5-27-21/h3-8,19H,10H2,1-2H3,(H,28,36). The number of rotatable bonds is 7. The van der Waals surface area contributed by atoms with Gasteiger partial charge in [-0.25, -0.2) is 18.4 Å². The predicted octanol–water partition coefficient (Wildman–Crippen LogP) is 3.53. The number of nitrogens with zero attached hydrogens (tertiary/aromatic N) is 8. The number of benzene rings is 1. The predicted molar refractivity (Wildman–Crippen MR) is 122 cm³/mol. The van der Waals surface area contributed by atoms with E-state index in [0.29, 0.717) is 5.56 Å². The Kier molecular flexibility index (Phi) is 6.80. The molecule has 0 unspecified atom stereocenters. The second kappa shape index (κ2) is 9.96. The van der Waals surface area contributed by atoms with Crippen LogP contribution in [0.2, 0.25) is 5.02 Å². The third-order valence-corrected chi connectivity index (χ3v) is 5.28. The summed E-state index contributed by atoms with van der Waals surface area (Å²) in [7, 11) is 0. The van der Waals surface area contributed by atoms with Crippen LogP contribution < -0.4 is 5.32 Å². The van der Waals surface area contributed by atoms with Crippen molar-refractivity contribution in [3.63, 3.8) is 0 Å². The average Bonchev–Trinajstić information content (AvgIpc) is 3.48. The lowest BCUT2D eigenvalue weighted by Gasteiger charge is -2.14. The van der Waals surface area contributed by atoms with Gasteiger partial charge in [0.1, 0.15) is 12.2 Å². The van der Waals surface area contributed by atoms with E-state index < -0.39 is 18.2 Å². The number of alkyl halides is 2. The molecule has 36 heavy (non-hydrogen) atoms. The van der Waals surface area contributed by atoms with Crippen molar-refractivity contribution < 1.29 is 18.4 Å². The van der Waals surface area contributed by atoms with Crippen molar-refractivity contribution in [2.75, 3.05) is 5.32 Å². The maximum absolute atomic E-state index is 13.4. The van der Waals surface area contributed by atoms with Crippen molar-refractivity contribution in [1.82, 2.24) is 35.0 Å². The molecule has 0 saturated carbocycles. The lowest BCUT2D eigenvalue weighted by Crippen LogP contribution is -2.20. The molecule has 0 radical (unpaired) electrons. The summed E-state index contributed by atoms with van der Waals surface area (Å²) < 4.78 is 26.8. The first kappa shape index (κ1) is 24.6. The van der Waals surface area contributed by atoms with E-state index in [2.05, 4.69) is 30.8 Å². The molecule has 182 valence electrons. The molecule has 0 fully saturated rings. The minimum atomic E-state index is -2.89. The number of aryl methyl sites for hydroxylation is 1. The number of amides is 1. The maximum atomic E-state index is 13.4. The number of carbonyl (C=O) groups excluding carboxylic acids is 2. The van der Waals surface area contributed by atoms with Gasteiger partial charge in [0.05, 0.1) is 28.0 Å². The van der Waals surface area contributed by atoms with Gasteiger partial charge >= 0.3 is 6.43 Å². The van der Waals surface area contributed by atoms with Gasteiger partial charge < -0.3 is 5.32 Å². The minimum absolute atomic E-state index is 0.0157. The molecule has 0 bridgehead atoms. The highest BCUT2D eigenvalue weighted by Crippen LogP contribution is 2.26. The van der Waals surface area contributed by atoms with Gasteiger partial charge in [0.25, 0.3) is 5.91 Å². The van der Waals surface area contributed by atoms with E-state index >= 15 is 0 Å². The van der Waals surface area contributed by atoms with Gasteiger partial charge in [-0.3, -0.25) is 9.59 Å². The van der Waals surface area contributed by atoms with Gasteiger partial charge in [-0.05, 0) is 55.0 Å². The number of aromatic nitrogens is 7. The van der Waals surface area contributed by atoms with Gasteiger partial charge in [0.2, 0.25) is 5.82 Å². The van der Waals surface area contributed by atoms with Crippen LogP contribution in [0.25, 0.3) is 5.82 Å². The number of hydrogen-bond donors (Lipinski definition) is 1. The summed E-state index contributed by atoms with van der Waals surface area (Å²) in [5.41, 5.74) is 1.37. The Bertz CT molecular complexity index is 1520. The molecule has 0 spiro atoms. The molecule has 0 atom stereocenters. The number of ketones is 1. The number of carbonyl (C=O) groups is 2. The SMILES string of the molecule is CC(=O)c1cc(C#N)cc(C)c1NC(=O)c1cc(Cn2nnc(C(F)F)n2)nn1-c1ncccc1Cl. The Hall–Kier alpha value is -4.57. The molecule has 0 aliphatic heterocycles. The third kappa shape index (κ3) is 4.93. The second-order valence-electron chi connectivity index (χ2n) is 7.56. The van der Waals surface area contributed by atoms with E-state index in [4.69, 9.17) is 11.6 Å². The Balaban J connectivity index is 1.76. The fourth-order valence-electron chi connectivity index (χ4n) is 3.39. The van der Waals surface area contributed by atoms with Crippen LogP contribution >= 0.6 is 11.6 Å². The second-order valence-corrected chi connectivity index (χ2v) is 7.97. The molecule has 3 heterocycles. The topological polar surface area (TPSA) is 144 Å². The fraction of sp³-hybridized carbons (Fsp3) is 0.182. The fourth-order valence-corrected chi connectivity index (χ4v) is 3.59. The summed E-state index contributed by atoms with van der Waals surface area (Å²) in [5.74, 6) is -1.61. The van der Waals surface area contributed by atoms with E-state index in [-0.39, 0.29) is 51.4 Å². The van der Waals surface area contributed by atoms with Crippen LogP contribution in [0.5, 0.6) is 0 Å². The van der Waals surface area contributed by atoms with Crippen molar-refractivity contribution in [3.8, 4) is 11.9 Å². The number of anilines is 1. The third-order valence-electron chi connectivity index (χ3n) is 4.98. The molecular weight excluding hydrogens is 496 g/mol. The van der Waals surface area contributed by atoms with Crippen LogP contribution in [0.1, 0.15) is 56.8 Å². The minimum Gasteiger partial charge on any atom is -0.320 e. The highest BCUT2D eigenvalue weighted by molar-refractivity contribution is 6.32. The molecule has 1 aromatic carbocycles. The molecular formula is C22H16ClF2N9O2. The van der Waals surface area contributed by atoms with Crippen LogP contribution in [-0.2, 0) is 6.54 Å². The molecule has 0 aliphatic carbocycles. The van der Waals surface area contributed by atoms with Crippen molar-refractivity contribution in [3.05, 3.63) is 75.5 Å². The Morgan fingerprint density at radius 2 is 2.03 bits per heavy atom. The van der Waals surface area contributed by atoms with Crippen LogP contribution in [0.4, 0.5) is 14.5 Å². The number of hydrogen-bond acceptors (Lipinski definition) is 8. The molecule has 3 aromatic heterocycles. The monoisotopic (exact) mass is 511 g/mol. The van der Waals surface area contributed by atoms with Gasteiger partial charge in [0.15, 0.2) is 11.6 Å².